The SMILES string of the molecule is [Pt+2].[c-]1ccccc1-c1ccc2c(n1)c1c([N-]c3ccccc3-c3cc(-c4ccccc4)ccn3)cccc1n2-c1ccccc1. The van der Waals surface area contributed by atoms with Gasteiger partial charge >= 0.3 is 21.1 Å². The van der Waals surface area contributed by atoms with Crippen LogP contribution in [-0.4, -0.2) is 14.5 Å². The van der Waals surface area contributed by atoms with Crippen LogP contribution in [0.15, 0.2) is 158 Å². The van der Waals surface area contributed by atoms with E-state index in [1.54, 1.807) is 0 Å². The number of para-hydroxylation sites is 2. The maximum Gasteiger partial charge on any atom is 2.00 e. The molecule has 0 saturated carbocycles. The first kappa shape index (κ1) is 28.5. The molecule has 0 atom stereocenters. The molecular formula is C40H26N4Pt. The summed E-state index contributed by atoms with van der Waals surface area (Å²) in [5.74, 6) is 0. The summed E-state index contributed by atoms with van der Waals surface area (Å²) in [5.41, 5.74) is 11.7. The molecule has 5 aromatic carbocycles. The Labute approximate surface area is 276 Å². The number of pyridine rings is 2. The molecule has 45 heavy (non-hydrogen) atoms. The number of benzene rings is 5. The molecule has 0 aliphatic heterocycles. The van der Waals surface area contributed by atoms with Gasteiger partial charge in [0.25, 0.3) is 0 Å². The van der Waals surface area contributed by atoms with Crippen LogP contribution in [0.5, 0.6) is 0 Å². The van der Waals surface area contributed by atoms with Gasteiger partial charge in [0.1, 0.15) is 0 Å². The molecule has 216 valence electrons. The van der Waals surface area contributed by atoms with Gasteiger partial charge in [-0.15, -0.1) is 47.3 Å². The van der Waals surface area contributed by atoms with Crippen LogP contribution in [0, 0.1) is 6.07 Å². The molecule has 0 bridgehead atoms. The van der Waals surface area contributed by atoms with Gasteiger partial charge in [0, 0.05) is 17.3 Å². The van der Waals surface area contributed by atoms with Crippen LogP contribution in [0.2, 0.25) is 0 Å². The second-order valence-electron chi connectivity index (χ2n) is 10.6. The zero-order valence-corrected chi connectivity index (χ0v) is 26.4. The molecule has 8 rings (SSSR count). The van der Waals surface area contributed by atoms with Crippen LogP contribution in [0.3, 0.4) is 0 Å². The smallest absolute Gasteiger partial charge is 0.657 e. The number of hydrogen-bond acceptors (Lipinski definition) is 2. The zero-order chi connectivity index (χ0) is 29.3. The molecule has 0 aliphatic carbocycles. The molecule has 3 heterocycles. The molecule has 0 N–H and O–H groups in total. The van der Waals surface area contributed by atoms with Crippen LogP contribution in [0.4, 0.5) is 11.4 Å². The van der Waals surface area contributed by atoms with E-state index in [9.17, 15) is 0 Å². The van der Waals surface area contributed by atoms with Crippen molar-refractivity contribution in [1.82, 2.24) is 14.5 Å². The van der Waals surface area contributed by atoms with E-state index in [0.29, 0.717) is 0 Å². The Morgan fingerprint density at radius 3 is 2.16 bits per heavy atom. The largest absolute Gasteiger partial charge is 2.00 e. The Hall–Kier alpha value is -5.31. The molecule has 3 aromatic heterocycles. The molecule has 0 amide bonds. The second kappa shape index (κ2) is 12.4. The number of nitrogens with zero attached hydrogens (tertiary/aromatic N) is 4. The molecule has 8 aromatic rings. The Bertz CT molecular complexity index is 2240. The van der Waals surface area contributed by atoms with Gasteiger partial charge in [-0.1, -0.05) is 91.0 Å². The van der Waals surface area contributed by atoms with Gasteiger partial charge in [0.05, 0.1) is 22.2 Å². The standard InChI is InChI=1S/C40H26N4.Pt/c1-4-13-28(14-5-1)30-25-26-41-36(27-30)32-19-10-11-20-34(32)42-35-21-12-22-37-39(35)40-38(44(37)31-17-8-3-9-18-31)24-23-33(43-40)29-15-6-2-7-16-29;/h1-15,17-27H;/q-2;+2. The van der Waals surface area contributed by atoms with Crippen molar-refractivity contribution >= 4 is 33.3 Å². The normalized spacial score (nSPS) is 10.9. The van der Waals surface area contributed by atoms with E-state index in [0.717, 1.165) is 72.6 Å². The summed E-state index contributed by atoms with van der Waals surface area (Å²) in [7, 11) is 0. The van der Waals surface area contributed by atoms with E-state index in [1.165, 1.54) is 0 Å². The minimum absolute atomic E-state index is 0. The topological polar surface area (TPSA) is 44.8 Å². The maximum atomic E-state index is 5.31. The average molecular weight is 758 g/mol. The molecule has 0 unspecified atom stereocenters. The van der Waals surface area contributed by atoms with Gasteiger partial charge in [0.2, 0.25) is 0 Å². The van der Waals surface area contributed by atoms with Crippen molar-refractivity contribution in [2.75, 3.05) is 0 Å². The Morgan fingerprint density at radius 1 is 0.578 bits per heavy atom. The van der Waals surface area contributed by atoms with E-state index in [4.69, 9.17) is 15.3 Å². The summed E-state index contributed by atoms with van der Waals surface area (Å²) in [6.45, 7) is 0. The average Bonchev–Trinajstić information content (AvgIpc) is 3.44. The third kappa shape index (κ3) is 5.35. The molecule has 0 radical (unpaired) electrons. The van der Waals surface area contributed by atoms with Crippen molar-refractivity contribution in [1.29, 1.82) is 0 Å². The number of rotatable bonds is 6. The van der Waals surface area contributed by atoms with Crippen molar-refractivity contribution < 1.29 is 21.1 Å². The molecular weight excluding hydrogens is 732 g/mol. The third-order valence-electron chi connectivity index (χ3n) is 7.90. The number of hydrogen-bond donors (Lipinski definition) is 0. The van der Waals surface area contributed by atoms with Gasteiger partial charge in [0.15, 0.2) is 0 Å². The maximum absolute atomic E-state index is 5.31. The van der Waals surface area contributed by atoms with Gasteiger partial charge in [-0.25, -0.2) is 0 Å². The predicted octanol–water partition coefficient (Wildman–Crippen LogP) is 10.7. The van der Waals surface area contributed by atoms with E-state index in [2.05, 4.69) is 108 Å². The summed E-state index contributed by atoms with van der Waals surface area (Å²) in [6.07, 6.45) is 1.87. The first-order valence-corrected chi connectivity index (χ1v) is 14.6. The zero-order valence-electron chi connectivity index (χ0n) is 24.1. The Morgan fingerprint density at radius 2 is 1.33 bits per heavy atom. The first-order chi connectivity index (χ1) is 21.8. The number of aromatic nitrogens is 3. The quantitative estimate of drug-likeness (QED) is 0.159. The van der Waals surface area contributed by atoms with E-state index in [-0.39, 0.29) is 21.1 Å². The summed E-state index contributed by atoms with van der Waals surface area (Å²) in [6, 6.07) is 55.0. The van der Waals surface area contributed by atoms with E-state index in [1.807, 2.05) is 60.8 Å². The van der Waals surface area contributed by atoms with E-state index >= 15 is 0 Å². The van der Waals surface area contributed by atoms with Crippen molar-refractivity contribution in [3.05, 3.63) is 169 Å². The third-order valence-corrected chi connectivity index (χ3v) is 7.90. The van der Waals surface area contributed by atoms with Crippen molar-refractivity contribution in [2.45, 2.75) is 0 Å². The van der Waals surface area contributed by atoms with Crippen molar-refractivity contribution in [2.24, 2.45) is 0 Å². The predicted molar refractivity (Wildman–Crippen MR) is 181 cm³/mol. The summed E-state index contributed by atoms with van der Waals surface area (Å²) >= 11 is 0. The van der Waals surface area contributed by atoms with Gasteiger partial charge in [-0.3, -0.25) is 9.97 Å². The van der Waals surface area contributed by atoms with Crippen molar-refractivity contribution in [3.8, 4) is 39.3 Å². The van der Waals surface area contributed by atoms with Crippen LogP contribution < -0.4 is 0 Å². The van der Waals surface area contributed by atoms with Crippen LogP contribution >= 0.6 is 0 Å². The molecule has 0 aliphatic rings. The van der Waals surface area contributed by atoms with Crippen molar-refractivity contribution in [3.63, 3.8) is 0 Å². The summed E-state index contributed by atoms with van der Waals surface area (Å²) < 4.78 is 2.27. The molecule has 0 fully saturated rings. The fraction of sp³-hybridized carbons (Fsp3) is 0. The van der Waals surface area contributed by atoms with Gasteiger partial charge in [-0.2, -0.15) is 0 Å². The minimum atomic E-state index is 0. The van der Waals surface area contributed by atoms with E-state index < -0.39 is 0 Å². The molecule has 4 nitrogen and oxygen atoms in total. The van der Waals surface area contributed by atoms with Crippen LogP contribution in [0.1, 0.15) is 0 Å². The molecule has 5 heteroatoms. The fourth-order valence-corrected chi connectivity index (χ4v) is 5.86. The molecule has 0 saturated heterocycles. The monoisotopic (exact) mass is 757 g/mol. The van der Waals surface area contributed by atoms with Gasteiger partial charge in [-0.05, 0) is 58.8 Å². The fourth-order valence-electron chi connectivity index (χ4n) is 5.86. The van der Waals surface area contributed by atoms with Crippen LogP contribution in [0.25, 0.3) is 66.6 Å². The second-order valence-corrected chi connectivity index (χ2v) is 10.6. The van der Waals surface area contributed by atoms with Crippen LogP contribution in [-0.2, 0) is 21.1 Å². The Kier molecular flexibility index (Phi) is 7.81. The summed E-state index contributed by atoms with van der Waals surface area (Å²) in [5, 5.41) is 6.31. The minimum Gasteiger partial charge on any atom is -0.657 e. The number of fused-ring (bicyclic) bond motifs is 3. The Balaban J connectivity index is 0.00000325. The van der Waals surface area contributed by atoms with Gasteiger partial charge < -0.3 is 9.88 Å². The first-order valence-electron chi connectivity index (χ1n) is 14.6. The molecule has 0 spiro atoms. The summed E-state index contributed by atoms with van der Waals surface area (Å²) in [4.78, 5) is 9.98.